The van der Waals surface area contributed by atoms with Gasteiger partial charge in [-0.15, -0.1) is 0 Å². The normalized spacial score (nSPS) is 18.0. The molecule has 3 rings (SSSR count). The minimum atomic E-state index is -0.205. The van der Waals surface area contributed by atoms with Crippen molar-refractivity contribution in [3.8, 4) is 0 Å². The van der Waals surface area contributed by atoms with Gasteiger partial charge in [0.15, 0.2) is 5.82 Å². The van der Waals surface area contributed by atoms with Crippen molar-refractivity contribution in [2.24, 2.45) is 0 Å². The Balaban J connectivity index is 1.66. The summed E-state index contributed by atoms with van der Waals surface area (Å²) < 4.78 is 1.72. The maximum atomic E-state index is 12.3. The molecule has 2 aromatic rings. The molecule has 0 bridgehead atoms. The predicted molar refractivity (Wildman–Crippen MR) is 85.5 cm³/mol. The molecule has 0 unspecified atom stereocenters. The molecule has 1 saturated heterocycles. The van der Waals surface area contributed by atoms with E-state index in [9.17, 15) is 9.59 Å². The standard InChI is InChI=1S/C15H20N6O2/c1-2-21-9-11(8-18-21)14(22)19-12-4-3-7-20(10-12)13-15(23)17-6-5-16-13/h5-6,8-9,12H,2-4,7,10H2,1H3,(H,17,23)(H,19,22)/t12-/m0/s1. The molecular formula is C15H20N6O2. The molecule has 2 N–H and O–H groups in total. The number of hydrogen-bond acceptors (Lipinski definition) is 5. The van der Waals surface area contributed by atoms with E-state index in [2.05, 4.69) is 20.4 Å². The highest BCUT2D eigenvalue weighted by atomic mass is 16.2. The zero-order chi connectivity index (χ0) is 16.2. The number of piperidine rings is 1. The van der Waals surface area contributed by atoms with E-state index in [-0.39, 0.29) is 17.5 Å². The molecule has 3 heterocycles. The lowest BCUT2D eigenvalue weighted by Crippen LogP contribution is -2.49. The van der Waals surface area contributed by atoms with Crippen molar-refractivity contribution in [1.29, 1.82) is 0 Å². The molecule has 0 radical (unpaired) electrons. The Morgan fingerprint density at radius 1 is 1.52 bits per heavy atom. The van der Waals surface area contributed by atoms with Gasteiger partial charge in [-0.25, -0.2) is 4.98 Å². The van der Waals surface area contributed by atoms with E-state index in [1.807, 2.05) is 11.8 Å². The molecule has 8 nitrogen and oxygen atoms in total. The lowest BCUT2D eigenvalue weighted by atomic mass is 10.1. The molecule has 1 amide bonds. The smallest absolute Gasteiger partial charge is 0.290 e. The first-order valence-electron chi connectivity index (χ1n) is 7.79. The fourth-order valence-electron chi connectivity index (χ4n) is 2.78. The van der Waals surface area contributed by atoms with Crippen LogP contribution in [-0.4, -0.2) is 44.8 Å². The van der Waals surface area contributed by atoms with Crippen LogP contribution < -0.4 is 15.8 Å². The van der Waals surface area contributed by atoms with Crippen LogP contribution >= 0.6 is 0 Å². The van der Waals surface area contributed by atoms with Crippen LogP contribution in [0.25, 0.3) is 0 Å². The molecule has 1 atom stereocenters. The Labute approximate surface area is 133 Å². The summed E-state index contributed by atoms with van der Waals surface area (Å²) in [5.41, 5.74) is 0.350. The Kier molecular flexibility index (Phi) is 4.40. The van der Waals surface area contributed by atoms with Gasteiger partial charge < -0.3 is 15.2 Å². The van der Waals surface area contributed by atoms with Crippen molar-refractivity contribution in [3.05, 3.63) is 40.7 Å². The summed E-state index contributed by atoms with van der Waals surface area (Å²) in [6, 6.07) is -0.0115. The van der Waals surface area contributed by atoms with Crippen molar-refractivity contribution >= 4 is 11.7 Å². The van der Waals surface area contributed by atoms with Crippen molar-refractivity contribution in [1.82, 2.24) is 25.1 Å². The largest absolute Gasteiger partial charge is 0.350 e. The van der Waals surface area contributed by atoms with E-state index in [1.54, 1.807) is 23.3 Å². The van der Waals surface area contributed by atoms with E-state index < -0.39 is 0 Å². The zero-order valence-corrected chi connectivity index (χ0v) is 13.0. The van der Waals surface area contributed by atoms with Gasteiger partial charge in [0.2, 0.25) is 0 Å². The van der Waals surface area contributed by atoms with E-state index in [0.29, 0.717) is 17.9 Å². The van der Waals surface area contributed by atoms with Crippen LogP contribution in [0.3, 0.4) is 0 Å². The highest BCUT2D eigenvalue weighted by Crippen LogP contribution is 2.14. The van der Waals surface area contributed by atoms with Gasteiger partial charge in [0, 0.05) is 44.3 Å². The Morgan fingerprint density at radius 3 is 3.13 bits per heavy atom. The summed E-state index contributed by atoms with van der Waals surface area (Å²) in [6.45, 7) is 4.04. The molecule has 0 saturated carbocycles. The average Bonchev–Trinajstić information content (AvgIpc) is 3.05. The predicted octanol–water partition coefficient (Wildman–Crippen LogP) is 0.385. The average molecular weight is 316 g/mol. The molecule has 0 aromatic carbocycles. The topological polar surface area (TPSA) is 95.9 Å². The summed E-state index contributed by atoms with van der Waals surface area (Å²) >= 11 is 0. The molecule has 1 aliphatic heterocycles. The second-order valence-corrected chi connectivity index (χ2v) is 5.59. The summed E-state index contributed by atoms with van der Waals surface area (Å²) in [5.74, 6) is 0.275. The monoisotopic (exact) mass is 316 g/mol. The van der Waals surface area contributed by atoms with E-state index >= 15 is 0 Å². The number of anilines is 1. The third-order valence-electron chi connectivity index (χ3n) is 3.96. The molecule has 0 spiro atoms. The van der Waals surface area contributed by atoms with Crippen molar-refractivity contribution in [3.63, 3.8) is 0 Å². The van der Waals surface area contributed by atoms with Crippen LogP contribution in [0, 0.1) is 0 Å². The van der Waals surface area contributed by atoms with Crippen molar-refractivity contribution < 1.29 is 4.79 Å². The Hall–Kier alpha value is -2.64. The fraction of sp³-hybridized carbons (Fsp3) is 0.467. The van der Waals surface area contributed by atoms with E-state index in [4.69, 9.17) is 0 Å². The minimum Gasteiger partial charge on any atom is -0.350 e. The Morgan fingerprint density at radius 2 is 2.39 bits per heavy atom. The molecule has 0 aliphatic carbocycles. The number of rotatable bonds is 4. The highest BCUT2D eigenvalue weighted by Gasteiger charge is 2.24. The van der Waals surface area contributed by atoms with E-state index in [1.165, 1.54) is 6.20 Å². The highest BCUT2D eigenvalue weighted by molar-refractivity contribution is 5.93. The number of carbonyl (C=O) groups excluding carboxylic acids is 1. The molecule has 1 fully saturated rings. The number of carbonyl (C=O) groups is 1. The third-order valence-corrected chi connectivity index (χ3v) is 3.96. The van der Waals surface area contributed by atoms with Crippen molar-refractivity contribution in [2.75, 3.05) is 18.0 Å². The molecular weight excluding hydrogens is 296 g/mol. The Bertz CT molecular complexity index is 737. The minimum absolute atomic E-state index is 0.0115. The molecule has 23 heavy (non-hydrogen) atoms. The van der Waals surface area contributed by atoms with E-state index in [0.717, 1.165) is 25.9 Å². The van der Waals surface area contributed by atoms with Crippen LogP contribution in [-0.2, 0) is 6.54 Å². The number of amides is 1. The first-order chi connectivity index (χ1) is 11.2. The molecule has 8 heteroatoms. The number of hydrogen-bond donors (Lipinski definition) is 2. The van der Waals surface area contributed by atoms with Gasteiger partial charge >= 0.3 is 0 Å². The van der Waals surface area contributed by atoms with Gasteiger partial charge in [0.25, 0.3) is 11.5 Å². The number of aryl methyl sites for hydroxylation is 1. The SMILES string of the molecule is CCn1cc(C(=O)N[C@H]2CCCN(c3ncc[nH]c3=O)C2)cn1. The number of H-pyrrole nitrogens is 1. The zero-order valence-electron chi connectivity index (χ0n) is 13.0. The lowest BCUT2D eigenvalue weighted by Gasteiger charge is -2.33. The van der Waals surface area contributed by atoms with Gasteiger partial charge in [-0.3, -0.25) is 14.3 Å². The summed E-state index contributed by atoms with van der Waals surface area (Å²) in [6.07, 6.45) is 8.17. The summed E-state index contributed by atoms with van der Waals surface area (Å²) in [7, 11) is 0. The van der Waals surface area contributed by atoms with Crippen molar-refractivity contribution in [2.45, 2.75) is 32.4 Å². The van der Waals surface area contributed by atoms with Gasteiger partial charge in [-0.1, -0.05) is 0 Å². The number of aromatic amines is 1. The molecule has 2 aromatic heterocycles. The number of nitrogens with one attached hydrogen (secondary N) is 2. The van der Waals surface area contributed by atoms with Crippen LogP contribution in [0.1, 0.15) is 30.1 Å². The second kappa shape index (κ2) is 6.64. The molecule has 122 valence electrons. The molecule has 1 aliphatic rings. The van der Waals surface area contributed by atoms with Gasteiger partial charge in [0.1, 0.15) is 0 Å². The number of nitrogens with zero attached hydrogens (tertiary/aromatic N) is 4. The van der Waals surface area contributed by atoms with Gasteiger partial charge in [-0.2, -0.15) is 5.10 Å². The third kappa shape index (κ3) is 3.41. The quantitative estimate of drug-likeness (QED) is 0.850. The van der Waals surface area contributed by atoms with Crippen LogP contribution in [0.15, 0.2) is 29.6 Å². The first-order valence-corrected chi connectivity index (χ1v) is 7.79. The summed E-state index contributed by atoms with van der Waals surface area (Å²) in [5, 5.41) is 7.13. The van der Waals surface area contributed by atoms with Crippen LogP contribution in [0.5, 0.6) is 0 Å². The first kappa shape index (κ1) is 15.3. The maximum absolute atomic E-state index is 12.3. The maximum Gasteiger partial charge on any atom is 0.290 e. The number of aromatic nitrogens is 4. The fourth-order valence-corrected chi connectivity index (χ4v) is 2.78. The second-order valence-electron chi connectivity index (χ2n) is 5.59. The van der Waals surface area contributed by atoms with Crippen LogP contribution in [0.2, 0.25) is 0 Å². The lowest BCUT2D eigenvalue weighted by molar-refractivity contribution is 0.0933. The van der Waals surface area contributed by atoms with Gasteiger partial charge in [0.05, 0.1) is 11.8 Å². The summed E-state index contributed by atoms with van der Waals surface area (Å²) in [4.78, 5) is 32.8. The van der Waals surface area contributed by atoms with Crippen LogP contribution in [0.4, 0.5) is 5.82 Å². The van der Waals surface area contributed by atoms with Gasteiger partial charge in [-0.05, 0) is 19.8 Å².